The Morgan fingerprint density at radius 3 is 2.63 bits per heavy atom. The van der Waals surface area contributed by atoms with Crippen LogP contribution in [0.1, 0.15) is 26.3 Å². The number of hydrogen-bond acceptors (Lipinski definition) is 4. The van der Waals surface area contributed by atoms with Gasteiger partial charge in [-0.2, -0.15) is 0 Å². The Kier molecular flexibility index (Phi) is 5.93. The van der Waals surface area contributed by atoms with Crippen molar-refractivity contribution < 1.29 is 19.0 Å². The van der Waals surface area contributed by atoms with Gasteiger partial charge >= 0.3 is 5.97 Å². The molecule has 0 aliphatic rings. The van der Waals surface area contributed by atoms with Crippen LogP contribution < -0.4 is 9.47 Å². The molecule has 1 aromatic rings. The number of hydrogen-bond donors (Lipinski definition) is 0. The first-order valence-electron chi connectivity index (χ1n) is 6.26. The van der Waals surface area contributed by atoms with E-state index in [1.54, 1.807) is 20.1 Å². The summed E-state index contributed by atoms with van der Waals surface area (Å²) in [6, 6.07) is 5.48. The van der Waals surface area contributed by atoms with E-state index < -0.39 is 0 Å². The first kappa shape index (κ1) is 15.1. The molecule has 0 saturated carbocycles. The fourth-order valence-corrected chi connectivity index (χ4v) is 1.50. The van der Waals surface area contributed by atoms with E-state index in [9.17, 15) is 4.79 Å². The normalized spacial score (nSPS) is 10.8. The Bertz CT molecular complexity index is 449. The second kappa shape index (κ2) is 7.46. The summed E-state index contributed by atoms with van der Waals surface area (Å²) in [6.45, 7) is 6.03. The molecule has 0 aromatic heterocycles. The van der Waals surface area contributed by atoms with Crippen molar-refractivity contribution in [1.82, 2.24) is 0 Å². The maximum absolute atomic E-state index is 11.2. The van der Waals surface area contributed by atoms with Gasteiger partial charge in [-0.05, 0) is 44.5 Å². The lowest BCUT2D eigenvalue weighted by atomic mass is 10.2. The Morgan fingerprint density at radius 1 is 1.32 bits per heavy atom. The summed E-state index contributed by atoms with van der Waals surface area (Å²) in [5.41, 5.74) is 0.851. The minimum Gasteiger partial charge on any atom is -0.493 e. The van der Waals surface area contributed by atoms with E-state index in [1.165, 1.54) is 6.08 Å². The molecule has 1 aromatic carbocycles. The third-order valence-corrected chi connectivity index (χ3v) is 2.25. The van der Waals surface area contributed by atoms with Crippen molar-refractivity contribution in [2.45, 2.75) is 26.9 Å². The van der Waals surface area contributed by atoms with Crippen molar-refractivity contribution in [3.8, 4) is 11.5 Å². The quantitative estimate of drug-likeness (QED) is 0.585. The predicted molar refractivity (Wildman–Crippen MR) is 74.4 cm³/mol. The summed E-state index contributed by atoms with van der Waals surface area (Å²) in [4.78, 5) is 11.2. The molecule has 104 valence electrons. The maximum Gasteiger partial charge on any atom is 0.330 e. The lowest BCUT2D eigenvalue weighted by molar-refractivity contribution is -0.137. The lowest BCUT2D eigenvalue weighted by Crippen LogP contribution is -2.06. The molecule has 1 rings (SSSR count). The molecule has 19 heavy (non-hydrogen) atoms. The first-order valence-corrected chi connectivity index (χ1v) is 6.26. The van der Waals surface area contributed by atoms with Crippen molar-refractivity contribution in [3.63, 3.8) is 0 Å². The van der Waals surface area contributed by atoms with E-state index in [4.69, 9.17) is 14.2 Å². The highest BCUT2D eigenvalue weighted by atomic mass is 16.5. The Balaban J connectivity index is 2.88. The third kappa shape index (κ3) is 5.04. The van der Waals surface area contributed by atoms with E-state index in [1.807, 2.05) is 32.0 Å². The SMILES string of the molecule is CCOC(=O)C=Cc1ccc(OC)c(OC(C)C)c1. The first-order chi connectivity index (χ1) is 9.06. The standard InChI is InChI=1S/C15H20O4/c1-5-18-15(16)9-7-12-6-8-13(17-4)14(10-12)19-11(2)3/h6-11H,5H2,1-4H3. The number of methoxy groups -OCH3 is 1. The van der Waals surface area contributed by atoms with Gasteiger partial charge in [0, 0.05) is 6.08 Å². The van der Waals surface area contributed by atoms with Crippen molar-refractivity contribution in [2.75, 3.05) is 13.7 Å². The summed E-state index contributed by atoms with van der Waals surface area (Å²) in [5, 5.41) is 0. The van der Waals surface area contributed by atoms with Gasteiger partial charge in [0.2, 0.25) is 0 Å². The molecule has 0 unspecified atom stereocenters. The zero-order valence-corrected chi connectivity index (χ0v) is 11.8. The van der Waals surface area contributed by atoms with E-state index in [0.29, 0.717) is 18.1 Å². The van der Waals surface area contributed by atoms with Gasteiger partial charge in [-0.25, -0.2) is 4.79 Å². The maximum atomic E-state index is 11.2. The van der Waals surface area contributed by atoms with Gasteiger partial charge in [-0.15, -0.1) is 0 Å². The van der Waals surface area contributed by atoms with Crippen LogP contribution >= 0.6 is 0 Å². The Hall–Kier alpha value is -1.97. The van der Waals surface area contributed by atoms with E-state index in [-0.39, 0.29) is 12.1 Å². The average molecular weight is 264 g/mol. The number of rotatable bonds is 6. The van der Waals surface area contributed by atoms with Crippen LogP contribution in [-0.2, 0) is 9.53 Å². The highest BCUT2D eigenvalue weighted by Gasteiger charge is 2.06. The second-order valence-electron chi connectivity index (χ2n) is 4.16. The highest BCUT2D eigenvalue weighted by Crippen LogP contribution is 2.29. The lowest BCUT2D eigenvalue weighted by Gasteiger charge is -2.13. The molecule has 0 fully saturated rings. The van der Waals surface area contributed by atoms with E-state index in [0.717, 1.165) is 5.56 Å². The molecule has 0 aliphatic carbocycles. The van der Waals surface area contributed by atoms with Crippen molar-refractivity contribution in [3.05, 3.63) is 29.8 Å². The Morgan fingerprint density at radius 2 is 2.05 bits per heavy atom. The minimum absolute atomic E-state index is 0.0539. The molecule has 4 nitrogen and oxygen atoms in total. The summed E-state index contributed by atoms with van der Waals surface area (Å²) < 4.78 is 15.7. The van der Waals surface area contributed by atoms with Gasteiger partial charge in [0.25, 0.3) is 0 Å². The number of benzene rings is 1. The fourth-order valence-electron chi connectivity index (χ4n) is 1.50. The Labute approximate surface area is 114 Å². The third-order valence-electron chi connectivity index (χ3n) is 2.25. The molecular weight excluding hydrogens is 244 g/mol. The van der Waals surface area contributed by atoms with Crippen molar-refractivity contribution >= 4 is 12.0 Å². The number of esters is 1. The predicted octanol–water partition coefficient (Wildman–Crippen LogP) is 3.06. The molecule has 0 bridgehead atoms. The minimum atomic E-state index is -0.357. The number of carbonyl (C=O) groups is 1. The highest BCUT2D eigenvalue weighted by molar-refractivity contribution is 5.87. The largest absolute Gasteiger partial charge is 0.493 e. The molecule has 0 saturated heterocycles. The van der Waals surface area contributed by atoms with Crippen LogP contribution in [0.25, 0.3) is 6.08 Å². The molecule has 0 aliphatic heterocycles. The van der Waals surface area contributed by atoms with Gasteiger partial charge in [0.15, 0.2) is 11.5 Å². The smallest absolute Gasteiger partial charge is 0.330 e. The molecule has 4 heteroatoms. The summed E-state index contributed by atoms with van der Waals surface area (Å²) in [6.07, 6.45) is 3.13. The van der Waals surface area contributed by atoms with Crippen LogP contribution in [-0.4, -0.2) is 25.8 Å². The molecule has 0 spiro atoms. The molecule has 0 radical (unpaired) electrons. The van der Waals surface area contributed by atoms with Crippen LogP contribution in [0, 0.1) is 0 Å². The molecule has 0 heterocycles. The van der Waals surface area contributed by atoms with Crippen LogP contribution in [0.3, 0.4) is 0 Å². The van der Waals surface area contributed by atoms with E-state index >= 15 is 0 Å². The molecule has 0 atom stereocenters. The number of ether oxygens (including phenoxy) is 3. The van der Waals surface area contributed by atoms with Gasteiger partial charge < -0.3 is 14.2 Å². The van der Waals surface area contributed by atoms with Gasteiger partial charge in [-0.1, -0.05) is 6.07 Å². The molecule has 0 amide bonds. The summed E-state index contributed by atoms with van der Waals surface area (Å²) in [7, 11) is 1.59. The van der Waals surface area contributed by atoms with E-state index in [2.05, 4.69) is 0 Å². The van der Waals surface area contributed by atoms with Gasteiger partial charge in [0.05, 0.1) is 19.8 Å². The van der Waals surface area contributed by atoms with Crippen LogP contribution in [0.15, 0.2) is 24.3 Å². The topological polar surface area (TPSA) is 44.8 Å². The summed E-state index contributed by atoms with van der Waals surface area (Å²) in [5.74, 6) is 0.968. The van der Waals surface area contributed by atoms with Crippen LogP contribution in [0.4, 0.5) is 0 Å². The zero-order chi connectivity index (χ0) is 14.3. The van der Waals surface area contributed by atoms with Crippen LogP contribution in [0.5, 0.6) is 11.5 Å². The molecule has 0 N–H and O–H groups in total. The fraction of sp³-hybridized carbons (Fsp3) is 0.400. The van der Waals surface area contributed by atoms with Crippen LogP contribution in [0.2, 0.25) is 0 Å². The number of carbonyl (C=O) groups excluding carboxylic acids is 1. The van der Waals surface area contributed by atoms with Crippen molar-refractivity contribution in [2.24, 2.45) is 0 Å². The summed E-state index contributed by atoms with van der Waals surface area (Å²) >= 11 is 0. The monoisotopic (exact) mass is 264 g/mol. The zero-order valence-electron chi connectivity index (χ0n) is 11.8. The van der Waals surface area contributed by atoms with Gasteiger partial charge in [-0.3, -0.25) is 0 Å². The van der Waals surface area contributed by atoms with Crippen molar-refractivity contribution in [1.29, 1.82) is 0 Å². The average Bonchev–Trinajstić information content (AvgIpc) is 2.36. The second-order valence-corrected chi connectivity index (χ2v) is 4.16. The molecular formula is C15H20O4. The van der Waals surface area contributed by atoms with Gasteiger partial charge in [0.1, 0.15) is 0 Å².